The van der Waals surface area contributed by atoms with Crippen molar-refractivity contribution in [2.45, 2.75) is 25.4 Å². The number of nitrogens with two attached hydrogens (primary N) is 1. The van der Waals surface area contributed by atoms with E-state index in [9.17, 15) is 14.3 Å². The SMILES string of the molecule is CONC1CC1.NCc1cc(I)ccc1Nc1c(C(=O)O)cc2scnc2c1F. The van der Waals surface area contributed by atoms with Crippen LogP contribution in [0.25, 0.3) is 10.2 Å². The Morgan fingerprint density at radius 1 is 1.45 bits per heavy atom. The number of aromatic carboxylic acids is 1. The molecule has 1 saturated carbocycles. The van der Waals surface area contributed by atoms with Crippen molar-refractivity contribution in [1.82, 2.24) is 10.5 Å². The number of aromatic nitrogens is 1. The Morgan fingerprint density at radius 2 is 2.21 bits per heavy atom. The summed E-state index contributed by atoms with van der Waals surface area (Å²) in [6.45, 7) is 0.252. The van der Waals surface area contributed by atoms with Crippen molar-refractivity contribution in [2.24, 2.45) is 5.73 Å². The van der Waals surface area contributed by atoms with Gasteiger partial charge in [0.1, 0.15) is 5.52 Å². The van der Waals surface area contributed by atoms with E-state index in [1.165, 1.54) is 35.8 Å². The maximum absolute atomic E-state index is 14.7. The number of hydrogen-bond acceptors (Lipinski definition) is 7. The van der Waals surface area contributed by atoms with Crippen LogP contribution >= 0.6 is 33.9 Å². The van der Waals surface area contributed by atoms with Gasteiger partial charge in [0.25, 0.3) is 0 Å². The maximum Gasteiger partial charge on any atom is 0.337 e. The monoisotopic (exact) mass is 530 g/mol. The van der Waals surface area contributed by atoms with Gasteiger partial charge in [0.2, 0.25) is 0 Å². The van der Waals surface area contributed by atoms with Gasteiger partial charge in [0.15, 0.2) is 5.82 Å². The van der Waals surface area contributed by atoms with Crippen molar-refractivity contribution in [1.29, 1.82) is 0 Å². The molecule has 154 valence electrons. The van der Waals surface area contributed by atoms with Crippen molar-refractivity contribution in [3.8, 4) is 0 Å². The van der Waals surface area contributed by atoms with Crippen LogP contribution < -0.4 is 16.5 Å². The lowest BCUT2D eigenvalue weighted by molar-refractivity contribution is 0.0697. The number of thiazole rings is 1. The van der Waals surface area contributed by atoms with E-state index >= 15 is 0 Å². The van der Waals surface area contributed by atoms with E-state index in [4.69, 9.17) is 5.73 Å². The Labute approximate surface area is 184 Å². The molecule has 1 aliphatic rings. The van der Waals surface area contributed by atoms with E-state index in [0.717, 1.165) is 9.13 Å². The third-order valence-corrected chi connectivity index (χ3v) is 5.65. The summed E-state index contributed by atoms with van der Waals surface area (Å²) >= 11 is 3.35. The van der Waals surface area contributed by atoms with Crippen LogP contribution in [0.4, 0.5) is 15.8 Å². The third-order valence-electron chi connectivity index (χ3n) is 4.21. The highest BCUT2D eigenvalue weighted by atomic mass is 127. The van der Waals surface area contributed by atoms with Gasteiger partial charge >= 0.3 is 5.97 Å². The molecule has 0 amide bonds. The molecule has 0 saturated heterocycles. The number of fused-ring (bicyclic) bond motifs is 1. The molecule has 0 atom stereocenters. The highest BCUT2D eigenvalue weighted by Gasteiger charge is 2.21. The Morgan fingerprint density at radius 3 is 2.79 bits per heavy atom. The number of nitrogens with one attached hydrogen (secondary N) is 2. The molecule has 0 spiro atoms. The predicted molar refractivity (Wildman–Crippen MR) is 120 cm³/mol. The third kappa shape index (κ3) is 5.39. The number of hydroxylamine groups is 1. The smallest absolute Gasteiger partial charge is 0.337 e. The largest absolute Gasteiger partial charge is 0.478 e. The number of hydrogen-bond donors (Lipinski definition) is 4. The number of halogens is 2. The normalized spacial score (nSPS) is 13.1. The van der Waals surface area contributed by atoms with E-state index < -0.39 is 11.8 Å². The first-order valence-electron chi connectivity index (χ1n) is 8.77. The van der Waals surface area contributed by atoms with Crippen molar-refractivity contribution in [2.75, 3.05) is 12.4 Å². The summed E-state index contributed by atoms with van der Waals surface area (Å²) in [7, 11) is 1.65. The zero-order chi connectivity index (χ0) is 21.0. The molecule has 4 rings (SSSR count). The molecular formula is C19H20FIN4O3S. The first-order chi connectivity index (χ1) is 13.9. The number of benzene rings is 2. The summed E-state index contributed by atoms with van der Waals surface area (Å²) in [6.07, 6.45) is 2.57. The van der Waals surface area contributed by atoms with Gasteiger partial charge in [-0.3, -0.25) is 0 Å². The summed E-state index contributed by atoms with van der Waals surface area (Å²) < 4.78 is 16.2. The van der Waals surface area contributed by atoms with Crippen molar-refractivity contribution in [3.05, 3.63) is 50.3 Å². The Bertz CT molecular complexity index is 1030. The molecule has 1 aliphatic carbocycles. The molecule has 1 heterocycles. The number of carboxylic acids is 1. The zero-order valence-corrected chi connectivity index (χ0v) is 18.5. The molecule has 1 fully saturated rings. The van der Waals surface area contributed by atoms with Gasteiger partial charge in [0.05, 0.1) is 28.6 Å². The van der Waals surface area contributed by atoms with Crippen molar-refractivity contribution >= 4 is 61.5 Å². The van der Waals surface area contributed by atoms with Crippen LogP contribution in [-0.4, -0.2) is 29.2 Å². The molecule has 0 bridgehead atoms. The fraction of sp³-hybridized carbons (Fsp3) is 0.263. The molecule has 1 aromatic heterocycles. The fourth-order valence-electron chi connectivity index (χ4n) is 2.61. The quantitative estimate of drug-likeness (QED) is 0.279. The van der Waals surface area contributed by atoms with Crippen molar-refractivity contribution < 1.29 is 19.1 Å². The van der Waals surface area contributed by atoms with Gasteiger partial charge in [0, 0.05) is 21.8 Å². The van der Waals surface area contributed by atoms with Crippen LogP contribution in [0.2, 0.25) is 0 Å². The first kappa shape index (κ1) is 21.8. The van der Waals surface area contributed by atoms with E-state index in [0.29, 0.717) is 16.4 Å². The van der Waals surface area contributed by atoms with E-state index in [2.05, 4.69) is 43.2 Å². The highest BCUT2D eigenvalue weighted by Crippen LogP contribution is 2.33. The topological polar surface area (TPSA) is 110 Å². The second-order valence-electron chi connectivity index (χ2n) is 6.34. The van der Waals surface area contributed by atoms with Crippen LogP contribution in [0, 0.1) is 9.39 Å². The predicted octanol–water partition coefficient (Wildman–Crippen LogP) is 4.24. The minimum atomic E-state index is -1.21. The fourth-order valence-corrected chi connectivity index (χ4v) is 3.88. The van der Waals surface area contributed by atoms with Gasteiger partial charge in [-0.05, 0) is 65.3 Å². The Hall–Kier alpha value is -1.86. The molecule has 0 aliphatic heterocycles. The zero-order valence-electron chi connectivity index (χ0n) is 15.5. The lowest BCUT2D eigenvalue weighted by Gasteiger charge is -2.14. The number of carboxylic acid groups (broad SMARTS) is 1. The van der Waals surface area contributed by atoms with Crippen LogP contribution in [0.1, 0.15) is 28.8 Å². The van der Waals surface area contributed by atoms with E-state index in [-0.39, 0.29) is 23.3 Å². The average Bonchev–Trinajstić information content (AvgIpc) is 3.39. The van der Waals surface area contributed by atoms with Crippen LogP contribution in [-0.2, 0) is 11.4 Å². The maximum atomic E-state index is 14.7. The highest BCUT2D eigenvalue weighted by molar-refractivity contribution is 14.1. The van der Waals surface area contributed by atoms with Gasteiger partial charge in [-0.15, -0.1) is 11.3 Å². The van der Waals surface area contributed by atoms with E-state index in [1.54, 1.807) is 13.2 Å². The summed E-state index contributed by atoms with van der Waals surface area (Å²) in [4.78, 5) is 20.1. The average molecular weight is 530 g/mol. The number of nitrogens with zero attached hydrogens (tertiary/aromatic N) is 1. The molecule has 0 radical (unpaired) electrons. The molecule has 10 heteroatoms. The number of rotatable bonds is 6. The van der Waals surface area contributed by atoms with Crippen LogP contribution in [0.5, 0.6) is 0 Å². The minimum absolute atomic E-state index is 0.105. The van der Waals surface area contributed by atoms with Gasteiger partial charge in [-0.2, -0.15) is 5.48 Å². The molecule has 29 heavy (non-hydrogen) atoms. The Balaban J connectivity index is 0.000000343. The lowest BCUT2D eigenvalue weighted by atomic mass is 10.1. The van der Waals surface area contributed by atoms with Crippen molar-refractivity contribution in [3.63, 3.8) is 0 Å². The lowest BCUT2D eigenvalue weighted by Crippen LogP contribution is -2.12. The molecule has 3 aromatic rings. The summed E-state index contributed by atoms with van der Waals surface area (Å²) in [5, 5.41) is 12.3. The minimum Gasteiger partial charge on any atom is -0.478 e. The molecule has 0 unspecified atom stereocenters. The second-order valence-corrected chi connectivity index (χ2v) is 8.48. The second kappa shape index (κ2) is 9.76. The summed E-state index contributed by atoms with van der Waals surface area (Å²) in [5.74, 6) is -1.89. The summed E-state index contributed by atoms with van der Waals surface area (Å²) in [6, 6.07) is 7.55. The van der Waals surface area contributed by atoms with Gasteiger partial charge in [-0.25, -0.2) is 14.2 Å². The molecular weight excluding hydrogens is 510 g/mol. The van der Waals surface area contributed by atoms with Gasteiger partial charge in [-0.1, -0.05) is 0 Å². The van der Waals surface area contributed by atoms with E-state index in [1.807, 2.05) is 12.1 Å². The first-order valence-corrected chi connectivity index (χ1v) is 10.7. The molecule has 7 nitrogen and oxygen atoms in total. The number of anilines is 2. The van der Waals surface area contributed by atoms with Crippen LogP contribution in [0.3, 0.4) is 0 Å². The number of carbonyl (C=O) groups is 1. The standard InChI is InChI=1S/C15H11FIN3O2S.C4H9NO/c16-12-13(20-10-2-1-8(17)3-7(10)5-18)9(15(21)22)4-11-14(12)19-6-23-11;1-6-5-4-2-3-4/h1-4,6,20H,5,18H2,(H,21,22);4-5H,2-3H2,1H3. The molecule has 2 aromatic carbocycles. The summed E-state index contributed by atoms with van der Waals surface area (Å²) in [5.41, 5.74) is 11.3. The van der Waals surface area contributed by atoms with Crippen LogP contribution in [0.15, 0.2) is 29.8 Å². The Kier molecular flexibility index (Phi) is 7.35. The molecule has 5 N–H and O–H groups in total. The van der Waals surface area contributed by atoms with Gasteiger partial charge < -0.3 is 21.0 Å².